The third-order valence-corrected chi connectivity index (χ3v) is 6.98. The van der Waals surface area contributed by atoms with Crippen LogP contribution in [0.5, 0.6) is 11.5 Å². The van der Waals surface area contributed by atoms with Crippen LogP contribution in [0, 0.1) is 0 Å². The van der Waals surface area contributed by atoms with Gasteiger partial charge in [0.2, 0.25) is 22.7 Å². The number of piperazine rings is 1. The number of carbonyl (C=O) groups excluding carboxylic acids is 1. The second-order valence-electron chi connectivity index (χ2n) is 7.59. The number of hydrogen-bond donors (Lipinski definition) is 0. The maximum atomic E-state index is 12.9. The number of fused-ring (bicyclic) bond motifs is 1. The normalized spacial score (nSPS) is 16.4. The minimum absolute atomic E-state index is 0.201. The van der Waals surface area contributed by atoms with Crippen molar-refractivity contribution in [1.29, 1.82) is 0 Å². The first kappa shape index (κ1) is 21.9. The highest BCUT2D eigenvalue weighted by Crippen LogP contribution is 2.33. The summed E-state index contributed by atoms with van der Waals surface area (Å²) in [6.45, 7) is 3.35. The average molecular weight is 510 g/mol. The summed E-state index contributed by atoms with van der Waals surface area (Å²) < 4.78 is 37.3. The second-order valence-corrected chi connectivity index (χ2v) is 10.4. The Kier molecular flexibility index (Phi) is 6.40. The van der Waals surface area contributed by atoms with Crippen molar-refractivity contribution in [2.75, 3.05) is 50.1 Å². The van der Waals surface area contributed by atoms with E-state index >= 15 is 0 Å². The van der Waals surface area contributed by atoms with Crippen molar-refractivity contribution in [2.24, 2.45) is 0 Å². The largest absolute Gasteiger partial charge is 0.454 e. The van der Waals surface area contributed by atoms with Crippen molar-refractivity contribution in [1.82, 2.24) is 9.80 Å². The molecule has 0 bridgehead atoms. The minimum Gasteiger partial charge on any atom is -0.454 e. The maximum absolute atomic E-state index is 12.9. The van der Waals surface area contributed by atoms with Crippen LogP contribution in [0.25, 0.3) is 0 Å². The SMILES string of the molecule is CS(=O)(=O)N(CC(=O)N1CCN(Cc2ccc3c(c2)OCO3)CC1)c1cccc(Br)c1. The zero-order valence-corrected chi connectivity index (χ0v) is 19.6. The summed E-state index contributed by atoms with van der Waals surface area (Å²) in [5.41, 5.74) is 1.59. The molecule has 2 aromatic carbocycles. The summed E-state index contributed by atoms with van der Waals surface area (Å²) in [4.78, 5) is 16.9. The quantitative estimate of drug-likeness (QED) is 0.594. The van der Waals surface area contributed by atoms with Crippen LogP contribution in [-0.4, -0.2) is 69.9 Å². The monoisotopic (exact) mass is 509 g/mol. The fraction of sp³-hybridized carbons (Fsp3) is 0.381. The van der Waals surface area contributed by atoms with E-state index in [2.05, 4.69) is 20.8 Å². The summed E-state index contributed by atoms with van der Waals surface area (Å²) in [7, 11) is -3.59. The number of carbonyl (C=O) groups is 1. The Bertz CT molecular complexity index is 1070. The van der Waals surface area contributed by atoms with Crippen LogP contribution in [-0.2, 0) is 21.4 Å². The molecule has 2 aromatic rings. The maximum Gasteiger partial charge on any atom is 0.243 e. The van der Waals surface area contributed by atoms with E-state index < -0.39 is 10.0 Å². The first-order chi connectivity index (χ1) is 14.8. The molecule has 8 nitrogen and oxygen atoms in total. The van der Waals surface area contributed by atoms with Gasteiger partial charge < -0.3 is 14.4 Å². The lowest BCUT2D eigenvalue weighted by Crippen LogP contribution is -2.51. The Morgan fingerprint density at radius 3 is 2.52 bits per heavy atom. The van der Waals surface area contributed by atoms with Crippen LogP contribution >= 0.6 is 15.9 Å². The molecule has 1 amide bonds. The fourth-order valence-corrected chi connectivity index (χ4v) is 4.94. The molecule has 0 radical (unpaired) electrons. The van der Waals surface area contributed by atoms with Crippen LogP contribution in [0.15, 0.2) is 46.9 Å². The molecule has 2 aliphatic heterocycles. The second kappa shape index (κ2) is 9.05. The molecule has 0 saturated carbocycles. The molecule has 166 valence electrons. The molecule has 2 heterocycles. The number of benzene rings is 2. The van der Waals surface area contributed by atoms with Gasteiger partial charge in [0, 0.05) is 37.2 Å². The smallest absolute Gasteiger partial charge is 0.243 e. The first-order valence-corrected chi connectivity index (χ1v) is 12.6. The molecular formula is C21H24BrN3O5S. The molecule has 0 unspecified atom stereocenters. The van der Waals surface area contributed by atoms with Gasteiger partial charge in [-0.05, 0) is 35.9 Å². The molecule has 0 atom stereocenters. The molecule has 31 heavy (non-hydrogen) atoms. The molecule has 0 N–H and O–H groups in total. The lowest BCUT2D eigenvalue weighted by Gasteiger charge is -2.35. The summed E-state index contributed by atoms with van der Waals surface area (Å²) in [5, 5.41) is 0. The van der Waals surface area contributed by atoms with Crippen LogP contribution < -0.4 is 13.8 Å². The van der Waals surface area contributed by atoms with Gasteiger partial charge in [-0.2, -0.15) is 0 Å². The lowest BCUT2D eigenvalue weighted by molar-refractivity contribution is -0.131. The van der Waals surface area contributed by atoms with Crippen molar-refractivity contribution in [3.8, 4) is 11.5 Å². The van der Waals surface area contributed by atoms with E-state index in [4.69, 9.17) is 9.47 Å². The number of halogens is 1. The topological polar surface area (TPSA) is 79.4 Å². The molecule has 1 saturated heterocycles. The third kappa shape index (κ3) is 5.31. The highest BCUT2D eigenvalue weighted by Gasteiger charge is 2.27. The van der Waals surface area contributed by atoms with E-state index in [1.54, 1.807) is 23.1 Å². The van der Waals surface area contributed by atoms with Gasteiger partial charge in [-0.25, -0.2) is 8.42 Å². The molecular weight excluding hydrogens is 486 g/mol. The molecule has 10 heteroatoms. The van der Waals surface area contributed by atoms with Crippen molar-refractivity contribution >= 4 is 37.5 Å². The van der Waals surface area contributed by atoms with Gasteiger partial charge in [-0.3, -0.25) is 14.0 Å². The van der Waals surface area contributed by atoms with Gasteiger partial charge in [0.05, 0.1) is 11.9 Å². The first-order valence-electron chi connectivity index (χ1n) is 9.91. The Labute approximate surface area is 190 Å². The van der Waals surface area contributed by atoms with Crippen LogP contribution in [0.4, 0.5) is 5.69 Å². The third-order valence-electron chi connectivity index (χ3n) is 5.34. The van der Waals surface area contributed by atoms with Gasteiger partial charge >= 0.3 is 0 Å². The fourth-order valence-electron chi connectivity index (χ4n) is 3.71. The molecule has 0 aliphatic carbocycles. The van der Waals surface area contributed by atoms with Gasteiger partial charge in [0.1, 0.15) is 6.54 Å². The zero-order valence-electron chi connectivity index (χ0n) is 17.2. The van der Waals surface area contributed by atoms with Crippen LogP contribution in [0.2, 0.25) is 0 Å². The number of anilines is 1. The van der Waals surface area contributed by atoms with Gasteiger partial charge in [-0.15, -0.1) is 0 Å². The van der Waals surface area contributed by atoms with Crippen molar-refractivity contribution in [3.05, 3.63) is 52.5 Å². The predicted octanol–water partition coefficient (Wildman–Crippen LogP) is 2.29. The molecule has 0 spiro atoms. The number of hydrogen-bond acceptors (Lipinski definition) is 6. The Morgan fingerprint density at radius 2 is 1.81 bits per heavy atom. The van der Waals surface area contributed by atoms with E-state index in [0.29, 0.717) is 18.8 Å². The summed E-state index contributed by atoms with van der Waals surface area (Å²) in [6.07, 6.45) is 1.12. The van der Waals surface area contributed by atoms with E-state index in [0.717, 1.165) is 51.7 Å². The van der Waals surface area contributed by atoms with Gasteiger partial charge in [0.15, 0.2) is 11.5 Å². The number of nitrogens with zero attached hydrogens (tertiary/aromatic N) is 3. The highest BCUT2D eigenvalue weighted by molar-refractivity contribution is 9.10. The standard InChI is InChI=1S/C21H24BrN3O5S/c1-31(27,28)25(18-4-2-3-17(22)12-18)14-21(26)24-9-7-23(8-10-24)13-16-5-6-19-20(11-16)30-15-29-19/h2-6,11-12H,7-10,13-15H2,1H3. The average Bonchev–Trinajstić information content (AvgIpc) is 3.19. The van der Waals surface area contributed by atoms with Crippen LogP contribution in [0.3, 0.4) is 0 Å². The zero-order chi connectivity index (χ0) is 22.0. The highest BCUT2D eigenvalue weighted by atomic mass is 79.9. The van der Waals surface area contributed by atoms with Crippen molar-refractivity contribution in [3.63, 3.8) is 0 Å². The molecule has 1 fully saturated rings. The molecule has 2 aliphatic rings. The van der Waals surface area contributed by atoms with E-state index in [1.165, 1.54) is 0 Å². The summed E-state index contributed by atoms with van der Waals surface area (Å²) in [6, 6.07) is 12.9. The Balaban J connectivity index is 1.35. The lowest BCUT2D eigenvalue weighted by atomic mass is 10.1. The van der Waals surface area contributed by atoms with Gasteiger partial charge in [0.25, 0.3) is 0 Å². The number of rotatable bonds is 6. The molecule has 0 aromatic heterocycles. The predicted molar refractivity (Wildman–Crippen MR) is 121 cm³/mol. The number of amides is 1. The van der Waals surface area contributed by atoms with Crippen molar-refractivity contribution in [2.45, 2.75) is 6.54 Å². The molecule has 4 rings (SSSR count). The summed E-state index contributed by atoms with van der Waals surface area (Å²) in [5.74, 6) is 1.33. The van der Waals surface area contributed by atoms with E-state index in [1.807, 2.05) is 24.3 Å². The Morgan fingerprint density at radius 1 is 1.06 bits per heavy atom. The number of ether oxygens (including phenoxy) is 2. The van der Waals surface area contributed by atoms with Crippen LogP contribution in [0.1, 0.15) is 5.56 Å². The van der Waals surface area contributed by atoms with E-state index in [9.17, 15) is 13.2 Å². The Hall–Kier alpha value is -2.30. The minimum atomic E-state index is -3.59. The van der Waals surface area contributed by atoms with Gasteiger partial charge in [-0.1, -0.05) is 28.1 Å². The summed E-state index contributed by atoms with van der Waals surface area (Å²) >= 11 is 3.35. The van der Waals surface area contributed by atoms with Crippen molar-refractivity contribution < 1.29 is 22.7 Å². The van der Waals surface area contributed by atoms with E-state index in [-0.39, 0.29) is 19.2 Å². The number of sulfonamides is 1.